The molecule has 2 aromatic carbocycles. The molecule has 0 unspecified atom stereocenters. The fourth-order valence-electron chi connectivity index (χ4n) is 3.81. The van der Waals surface area contributed by atoms with Crippen molar-refractivity contribution >= 4 is 23.8 Å². The lowest BCUT2D eigenvalue weighted by atomic mass is 9.88. The van der Waals surface area contributed by atoms with Gasteiger partial charge in [-0.25, -0.2) is 0 Å². The maximum absolute atomic E-state index is 10.7. The van der Waals surface area contributed by atoms with Crippen molar-refractivity contribution in [2.45, 2.75) is 25.4 Å². The van der Waals surface area contributed by atoms with Crippen LogP contribution in [-0.2, 0) is 9.47 Å². The Hall–Kier alpha value is -2.36. The van der Waals surface area contributed by atoms with Crippen LogP contribution in [-0.4, -0.2) is 25.1 Å². The third-order valence-electron chi connectivity index (χ3n) is 4.92. The fraction of sp³-hybridized carbons (Fsp3) is 0.273. The van der Waals surface area contributed by atoms with Crippen LogP contribution >= 0.6 is 0 Å². The third-order valence-corrected chi connectivity index (χ3v) is 4.92. The molecule has 0 aromatic heterocycles. The van der Waals surface area contributed by atoms with Crippen LogP contribution in [0.25, 0.3) is 23.8 Å². The molecule has 2 aliphatic rings. The van der Waals surface area contributed by atoms with Crippen molar-refractivity contribution in [2.75, 3.05) is 13.9 Å². The molecular formula is C22H22O3. The minimum atomic E-state index is -0.137. The van der Waals surface area contributed by atoms with Gasteiger partial charge in [-0.15, -0.1) is 0 Å². The summed E-state index contributed by atoms with van der Waals surface area (Å²) in [6.45, 7) is 0.232. The largest absolute Gasteiger partial charge is 0.507 e. The van der Waals surface area contributed by atoms with Crippen molar-refractivity contribution in [3.63, 3.8) is 0 Å². The zero-order valence-corrected chi connectivity index (χ0v) is 14.4. The van der Waals surface area contributed by atoms with E-state index in [0.717, 1.165) is 40.8 Å². The SMILES string of the molecule is COCO[C@@H]1CC=c2ccccc2=C1c1c(O)ccc2c1=CCCC=2. The van der Waals surface area contributed by atoms with Crippen LogP contribution < -0.4 is 20.9 Å². The van der Waals surface area contributed by atoms with Crippen LogP contribution in [0.5, 0.6) is 5.75 Å². The van der Waals surface area contributed by atoms with Crippen molar-refractivity contribution in [3.05, 3.63) is 62.8 Å². The van der Waals surface area contributed by atoms with Crippen molar-refractivity contribution in [2.24, 2.45) is 0 Å². The molecule has 0 bridgehead atoms. The molecule has 0 saturated carbocycles. The minimum Gasteiger partial charge on any atom is -0.507 e. The average Bonchev–Trinajstić information content (AvgIpc) is 2.66. The number of hydrogen-bond donors (Lipinski definition) is 1. The normalized spacial score (nSPS) is 18.4. The first-order chi connectivity index (χ1) is 12.3. The highest BCUT2D eigenvalue weighted by molar-refractivity contribution is 5.76. The molecule has 4 rings (SSSR count). The topological polar surface area (TPSA) is 38.7 Å². The van der Waals surface area contributed by atoms with Crippen LogP contribution in [0.1, 0.15) is 24.8 Å². The monoisotopic (exact) mass is 334 g/mol. The summed E-state index contributed by atoms with van der Waals surface area (Å²) in [6, 6.07) is 12.1. The molecule has 1 atom stereocenters. The molecule has 0 saturated heterocycles. The summed E-state index contributed by atoms with van der Waals surface area (Å²) in [7, 11) is 1.63. The van der Waals surface area contributed by atoms with Gasteiger partial charge in [-0.3, -0.25) is 0 Å². The Bertz CT molecular complexity index is 1030. The van der Waals surface area contributed by atoms with E-state index in [0.29, 0.717) is 5.75 Å². The molecule has 0 amide bonds. The van der Waals surface area contributed by atoms with E-state index in [1.165, 1.54) is 10.4 Å². The van der Waals surface area contributed by atoms with E-state index in [4.69, 9.17) is 9.47 Å². The summed E-state index contributed by atoms with van der Waals surface area (Å²) in [4.78, 5) is 0. The Morgan fingerprint density at radius 2 is 1.84 bits per heavy atom. The Morgan fingerprint density at radius 1 is 1.00 bits per heavy atom. The lowest BCUT2D eigenvalue weighted by Crippen LogP contribution is -2.40. The van der Waals surface area contributed by atoms with Gasteiger partial charge in [0.1, 0.15) is 12.5 Å². The Balaban J connectivity index is 2.07. The predicted octanol–water partition coefficient (Wildman–Crippen LogP) is 1.12. The quantitative estimate of drug-likeness (QED) is 0.852. The van der Waals surface area contributed by atoms with Crippen molar-refractivity contribution in [1.82, 2.24) is 0 Å². The third kappa shape index (κ3) is 2.90. The highest BCUT2D eigenvalue weighted by atomic mass is 16.7. The number of benzene rings is 2. The van der Waals surface area contributed by atoms with E-state index in [-0.39, 0.29) is 12.9 Å². The summed E-state index contributed by atoms with van der Waals surface area (Å²) < 4.78 is 11.1. The molecule has 0 radical (unpaired) electrons. The fourth-order valence-corrected chi connectivity index (χ4v) is 3.81. The molecule has 3 nitrogen and oxygen atoms in total. The summed E-state index contributed by atoms with van der Waals surface area (Å²) in [5.41, 5.74) is 1.95. The maximum atomic E-state index is 10.7. The summed E-state index contributed by atoms with van der Waals surface area (Å²) in [5.74, 6) is 0.308. The van der Waals surface area contributed by atoms with Gasteiger partial charge in [-0.2, -0.15) is 0 Å². The molecule has 25 heavy (non-hydrogen) atoms. The van der Waals surface area contributed by atoms with Gasteiger partial charge in [0.15, 0.2) is 0 Å². The van der Waals surface area contributed by atoms with E-state index in [9.17, 15) is 5.11 Å². The lowest BCUT2D eigenvalue weighted by molar-refractivity contribution is -0.0504. The zero-order chi connectivity index (χ0) is 17.2. The van der Waals surface area contributed by atoms with Gasteiger partial charge in [0.2, 0.25) is 0 Å². The second kappa shape index (κ2) is 6.87. The van der Waals surface area contributed by atoms with Gasteiger partial charge in [0.25, 0.3) is 0 Å². The summed E-state index contributed by atoms with van der Waals surface area (Å²) >= 11 is 0. The van der Waals surface area contributed by atoms with Crippen LogP contribution in [0.4, 0.5) is 0 Å². The van der Waals surface area contributed by atoms with E-state index in [1.54, 1.807) is 13.2 Å². The first-order valence-corrected chi connectivity index (χ1v) is 8.72. The Morgan fingerprint density at radius 3 is 2.72 bits per heavy atom. The number of phenols is 1. The molecule has 0 aliphatic heterocycles. The van der Waals surface area contributed by atoms with E-state index in [2.05, 4.69) is 30.4 Å². The van der Waals surface area contributed by atoms with Crippen molar-refractivity contribution < 1.29 is 14.6 Å². The predicted molar refractivity (Wildman–Crippen MR) is 99.6 cm³/mol. The van der Waals surface area contributed by atoms with Crippen LogP contribution in [0, 0.1) is 0 Å². The van der Waals surface area contributed by atoms with Crippen molar-refractivity contribution in [3.8, 4) is 5.75 Å². The van der Waals surface area contributed by atoms with Gasteiger partial charge >= 0.3 is 0 Å². The number of hydrogen-bond acceptors (Lipinski definition) is 3. The van der Waals surface area contributed by atoms with Crippen LogP contribution in [0.15, 0.2) is 36.4 Å². The highest BCUT2D eigenvalue weighted by Crippen LogP contribution is 2.26. The van der Waals surface area contributed by atoms with Gasteiger partial charge < -0.3 is 14.6 Å². The van der Waals surface area contributed by atoms with Gasteiger partial charge in [-0.05, 0) is 46.2 Å². The highest BCUT2D eigenvalue weighted by Gasteiger charge is 2.23. The summed E-state index contributed by atoms with van der Waals surface area (Å²) in [5, 5.41) is 15.3. The van der Waals surface area contributed by atoms with E-state index in [1.807, 2.05) is 18.2 Å². The number of fused-ring (bicyclic) bond motifs is 2. The van der Waals surface area contributed by atoms with Gasteiger partial charge in [0, 0.05) is 18.2 Å². The Kier molecular flexibility index (Phi) is 4.43. The average molecular weight is 334 g/mol. The second-order valence-corrected chi connectivity index (χ2v) is 6.45. The van der Waals surface area contributed by atoms with E-state index < -0.39 is 0 Å². The first-order valence-electron chi connectivity index (χ1n) is 8.72. The molecular weight excluding hydrogens is 312 g/mol. The number of aromatic hydroxyl groups is 1. The number of methoxy groups -OCH3 is 1. The molecule has 2 aromatic rings. The molecule has 2 aliphatic carbocycles. The molecule has 128 valence electrons. The number of rotatable bonds is 4. The van der Waals surface area contributed by atoms with Crippen LogP contribution in [0.3, 0.4) is 0 Å². The summed E-state index contributed by atoms with van der Waals surface area (Å²) in [6.07, 6.45) is 9.33. The van der Waals surface area contributed by atoms with Gasteiger partial charge in [-0.1, -0.05) is 48.6 Å². The molecule has 0 fully saturated rings. The number of ether oxygens (including phenoxy) is 2. The minimum absolute atomic E-state index is 0.137. The van der Waals surface area contributed by atoms with Crippen molar-refractivity contribution in [1.29, 1.82) is 0 Å². The molecule has 3 heteroatoms. The molecule has 0 spiro atoms. The zero-order valence-electron chi connectivity index (χ0n) is 14.4. The lowest BCUT2D eigenvalue weighted by Gasteiger charge is -2.24. The molecule has 1 N–H and O–H groups in total. The molecule has 0 heterocycles. The van der Waals surface area contributed by atoms with Gasteiger partial charge in [0.05, 0.1) is 6.10 Å². The number of phenolic OH excluding ortho intramolecular Hbond substituents is 1. The second-order valence-electron chi connectivity index (χ2n) is 6.45. The maximum Gasteiger partial charge on any atom is 0.147 e. The smallest absolute Gasteiger partial charge is 0.147 e. The standard InChI is InChI=1S/C22H22O3/c1-24-14-25-20-13-11-16-7-3-5-9-18(16)22(20)21-17-8-4-2-6-15(17)10-12-19(21)23/h3,5-12,20,23H,2,4,13-14H2,1H3/t20-/m1/s1. The van der Waals surface area contributed by atoms with E-state index >= 15 is 0 Å². The van der Waals surface area contributed by atoms with Crippen LogP contribution in [0.2, 0.25) is 0 Å². The Labute approximate surface area is 146 Å². The first kappa shape index (κ1) is 16.1.